The average molecular weight is 585 g/mol. The van der Waals surface area contributed by atoms with Crippen LogP contribution in [0.3, 0.4) is 0 Å². The number of carbonyl (C=O) groups is 3. The van der Waals surface area contributed by atoms with Crippen molar-refractivity contribution < 1.29 is 39.2 Å². The predicted octanol–water partition coefficient (Wildman–Crippen LogP) is 3.30. The summed E-state index contributed by atoms with van der Waals surface area (Å²) in [5.74, 6) is -1.40. The van der Waals surface area contributed by atoms with Crippen molar-refractivity contribution in [3.05, 3.63) is 12.2 Å². The second-order valence-electron chi connectivity index (χ2n) is 11.5. The summed E-state index contributed by atoms with van der Waals surface area (Å²) in [6, 6.07) is -0.925. The number of aliphatic hydroxyl groups excluding tert-OH is 3. The highest BCUT2D eigenvalue weighted by atomic mass is 16.5. The van der Waals surface area contributed by atoms with E-state index >= 15 is 0 Å². The molecule has 0 aromatic carbocycles. The Morgan fingerprint density at radius 3 is 2.07 bits per heavy atom. The first-order valence-corrected chi connectivity index (χ1v) is 15.6. The van der Waals surface area contributed by atoms with E-state index in [4.69, 9.17) is 9.47 Å². The van der Waals surface area contributed by atoms with Crippen molar-refractivity contribution in [2.24, 2.45) is 5.92 Å². The van der Waals surface area contributed by atoms with Crippen LogP contribution >= 0.6 is 0 Å². The molecule has 238 valence electrons. The van der Waals surface area contributed by atoms with E-state index in [0.29, 0.717) is 12.8 Å². The molecule has 0 bridgehead atoms. The highest BCUT2D eigenvalue weighted by Gasteiger charge is 2.37. The molecule has 1 heterocycles. The Morgan fingerprint density at radius 2 is 1.51 bits per heavy atom. The van der Waals surface area contributed by atoms with Gasteiger partial charge in [-0.05, 0) is 25.2 Å². The predicted molar refractivity (Wildman–Crippen MR) is 158 cm³/mol. The standard InChI is InChI=1S/C31H56N2O8/c1-5-6-7-8-9-10-11-12-13-14-15-16-26(35)41-23-18-19-24(30(38)32-21-23)33-31(39)29(40-4)28(37)27(36)25(34)20-17-22(2)3/h17,20,22-25,27-29,34,36-37H,5-16,18-19,21H2,1-4H3,(H,32,38)(H,33,39)/b20-17+/t23-,24+,25-,27+,28+,29+/m1/s1. The zero-order chi connectivity index (χ0) is 30.6. The molecule has 0 saturated carbocycles. The van der Waals surface area contributed by atoms with Gasteiger partial charge in [0.05, 0.1) is 6.54 Å². The number of methoxy groups -OCH3 is 1. The Bertz CT molecular complexity index is 775. The fraction of sp³-hybridized carbons (Fsp3) is 0.839. The molecule has 10 heteroatoms. The first-order valence-electron chi connectivity index (χ1n) is 15.6. The van der Waals surface area contributed by atoms with Gasteiger partial charge in [0.2, 0.25) is 5.91 Å². The third-order valence-corrected chi connectivity index (χ3v) is 7.41. The highest BCUT2D eigenvalue weighted by molar-refractivity contribution is 5.89. The number of esters is 1. The SMILES string of the molecule is CCCCCCCCCCCCCC(=O)O[C@@H]1CC[C@H](NC(=O)[C@@H](OC)[C@@H](O)[C@@H](O)[C@H](O)/C=C/C(C)C)C(=O)NC1. The molecule has 5 N–H and O–H groups in total. The van der Waals surface area contributed by atoms with Crippen molar-refractivity contribution in [1.82, 2.24) is 10.6 Å². The summed E-state index contributed by atoms with van der Waals surface area (Å²) in [6.07, 6.45) is 10.3. The van der Waals surface area contributed by atoms with Crippen LogP contribution in [0, 0.1) is 5.92 Å². The van der Waals surface area contributed by atoms with Gasteiger partial charge < -0.3 is 35.4 Å². The number of unbranched alkanes of at least 4 members (excludes halogenated alkanes) is 10. The summed E-state index contributed by atoms with van der Waals surface area (Å²) in [5, 5.41) is 36.1. The molecule has 0 radical (unpaired) electrons. The first kappa shape index (κ1) is 37.0. The summed E-state index contributed by atoms with van der Waals surface area (Å²) in [5.41, 5.74) is 0. The van der Waals surface area contributed by atoms with Gasteiger partial charge in [0.15, 0.2) is 6.10 Å². The number of carbonyl (C=O) groups excluding carboxylic acids is 3. The van der Waals surface area contributed by atoms with Crippen LogP contribution in [0.5, 0.6) is 0 Å². The molecular formula is C31H56N2O8. The molecule has 1 fully saturated rings. The number of nitrogens with one attached hydrogen (secondary N) is 2. The average Bonchev–Trinajstić information content (AvgIpc) is 3.11. The number of aliphatic hydroxyl groups is 3. The normalized spacial score (nSPS) is 20.7. The van der Waals surface area contributed by atoms with Crippen molar-refractivity contribution in [3.63, 3.8) is 0 Å². The van der Waals surface area contributed by atoms with Crippen LogP contribution in [0.1, 0.15) is 111 Å². The molecule has 1 aliphatic heterocycles. The fourth-order valence-electron chi connectivity index (χ4n) is 4.83. The van der Waals surface area contributed by atoms with Crippen LogP contribution < -0.4 is 10.6 Å². The van der Waals surface area contributed by atoms with Gasteiger partial charge in [0.1, 0.15) is 30.5 Å². The molecule has 1 rings (SSSR count). The number of hydrogen-bond donors (Lipinski definition) is 5. The topological polar surface area (TPSA) is 154 Å². The van der Waals surface area contributed by atoms with E-state index in [0.717, 1.165) is 19.3 Å². The van der Waals surface area contributed by atoms with Crippen molar-refractivity contribution >= 4 is 17.8 Å². The van der Waals surface area contributed by atoms with E-state index < -0.39 is 48.4 Å². The van der Waals surface area contributed by atoms with Crippen molar-refractivity contribution in [2.75, 3.05) is 13.7 Å². The van der Waals surface area contributed by atoms with Crippen molar-refractivity contribution in [1.29, 1.82) is 0 Å². The Kier molecular flexibility index (Phi) is 19.6. The molecule has 6 atom stereocenters. The molecule has 0 unspecified atom stereocenters. The molecule has 0 aromatic heterocycles. The highest BCUT2D eigenvalue weighted by Crippen LogP contribution is 2.16. The van der Waals surface area contributed by atoms with E-state index in [1.165, 1.54) is 64.6 Å². The molecule has 0 aliphatic carbocycles. The number of amides is 2. The van der Waals surface area contributed by atoms with Crippen LogP contribution in [-0.2, 0) is 23.9 Å². The van der Waals surface area contributed by atoms with Crippen LogP contribution in [0.4, 0.5) is 0 Å². The second kappa shape index (κ2) is 21.7. The quantitative estimate of drug-likeness (QED) is 0.0782. The molecule has 0 aromatic rings. The zero-order valence-corrected chi connectivity index (χ0v) is 25.7. The molecular weight excluding hydrogens is 528 g/mol. The maximum absolute atomic E-state index is 12.8. The molecule has 1 saturated heterocycles. The van der Waals surface area contributed by atoms with Gasteiger partial charge in [-0.2, -0.15) is 0 Å². The molecule has 0 spiro atoms. The largest absolute Gasteiger partial charge is 0.460 e. The molecule has 41 heavy (non-hydrogen) atoms. The van der Waals surface area contributed by atoms with Gasteiger partial charge in [-0.15, -0.1) is 0 Å². The van der Waals surface area contributed by atoms with E-state index in [1.807, 2.05) is 13.8 Å². The minimum atomic E-state index is -1.73. The van der Waals surface area contributed by atoms with E-state index in [2.05, 4.69) is 17.6 Å². The van der Waals surface area contributed by atoms with E-state index in [9.17, 15) is 29.7 Å². The lowest BCUT2D eigenvalue weighted by molar-refractivity contribution is -0.151. The maximum atomic E-state index is 12.8. The summed E-state index contributed by atoms with van der Waals surface area (Å²) in [7, 11) is 1.19. The number of ether oxygens (including phenoxy) is 2. The smallest absolute Gasteiger partial charge is 0.306 e. The zero-order valence-electron chi connectivity index (χ0n) is 25.7. The Labute approximate surface area is 246 Å². The Hall–Kier alpha value is -2.01. The number of hydrogen-bond acceptors (Lipinski definition) is 8. The van der Waals surface area contributed by atoms with Crippen molar-refractivity contribution in [3.8, 4) is 0 Å². The molecule has 10 nitrogen and oxygen atoms in total. The third-order valence-electron chi connectivity index (χ3n) is 7.41. The van der Waals surface area contributed by atoms with Gasteiger partial charge in [-0.1, -0.05) is 97.1 Å². The van der Waals surface area contributed by atoms with Crippen LogP contribution in [0.15, 0.2) is 12.2 Å². The van der Waals surface area contributed by atoms with Gasteiger partial charge in [-0.25, -0.2) is 0 Å². The summed E-state index contributed by atoms with van der Waals surface area (Å²) < 4.78 is 10.7. The fourth-order valence-corrected chi connectivity index (χ4v) is 4.83. The maximum Gasteiger partial charge on any atom is 0.306 e. The van der Waals surface area contributed by atoms with E-state index in [-0.39, 0.29) is 24.9 Å². The van der Waals surface area contributed by atoms with Crippen LogP contribution in [-0.4, -0.2) is 83.3 Å². The minimum Gasteiger partial charge on any atom is -0.460 e. The lowest BCUT2D eigenvalue weighted by Crippen LogP contribution is -2.55. The number of allylic oxidation sites excluding steroid dienone is 1. The number of rotatable bonds is 21. The van der Waals surface area contributed by atoms with E-state index in [1.54, 1.807) is 6.08 Å². The lowest BCUT2D eigenvalue weighted by Gasteiger charge is -2.28. The third kappa shape index (κ3) is 15.7. The summed E-state index contributed by atoms with van der Waals surface area (Å²) in [6.45, 7) is 6.16. The second-order valence-corrected chi connectivity index (χ2v) is 11.5. The lowest BCUT2D eigenvalue weighted by atomic mass is 10.00. The van der Waals surface area contributed by atoms with Gasteiger partial charge in [0, 0.05) is 13.5 Å². The summed E-state index contributed by atoms with van der Waals surface area (Å²) >= 11 is 0. The van der Waals surface area contributed by atoms with Crippen molar-refractivity contribution in [2.45, 2.75) is 147 Å². The van der Waals surface area contributed by atoms with Crippen LogP contribution in [0.25, 0.3) is 0 Å². The van der Waals surface area contributed by atoms with Gasteiger partial charge >= 0.3 is 5.97 Å². The van der Waals surface area contributed by atoms with Gasteiger partial charge in [-0.3, -0.25) is 14.4 Å². The first-order chi connectivity index (χ1) is 19.6. The Balaban J connectivity index is 2.39. The van der Waals surface area contributed by atoms with Gasteiger partial charge in [0.25, 0.3) is 5.91 Å². The molecule has 1 aliphatic rings. The minimum absolute atomic E-state index is 0.122. The Morgan fingerprint density at radius 1 is 0.927 bits per heavy atom. The van der Waals surface area contributed by atoms with Crippen LogP contribution in [0.2, 0.25) is 0 Å². The monoisotopic (exact) mass is 584 g/mol. The molecule has 2 amide bonds. The summed E-state index contributed by atoms with van der Waals surface area (Å²) in [4.78, 5) is 37.7.